The van der Waals surface area contributed by atoms with Crippen LogP contribution in [0.5, 0.6) is 0 Å². The van der Waals surface area contributed by atoms with Gasteiger partial charge in [0.05, 0.1) is 23.1 Å². The molecule has 0 spiro atoms. The number of aryl methyl sites for hydroxylation is 2. The van der Waals surface area contributed by atoms with E-state index in [1.165, 1.54) is 18.5 Å². The van der Waals surface area contributed by atoms with E-state index in [2.05, 4.69) is 15.6 Å². The van der Waals surface area contributed by atoms with Gasteiger partial charge in [0.2, 0.25) is 0 Å². The van der Waals surface area contributed by atoms with Gasteiger partial charge in [0, 0.05) is 18.0 Å². The minimum absolute atomic E-state index is 0.0975. The summed E-state index contributed by atoms with van der Waals surface area (Å²) in [6.45, 7) is 3.85. The van der Waals surface area contributed by atoms with Crippen molar-refractivity contribution in [3.8, 4) is 0 Å². The Bertz CT molecular complexity index is 973. The van der Waals surface area contributed by atoms with E-state index >= 15 is 0 Å². The number of hydrogen-bond acceptors (Lipinski definition) is 3. The largest absolute Gasteiger partial charge is 0.352 e. The molecule has 3 rings (SSSR count). The molecule has 0 aliphatic carbocycles. The molecule has 132 valence electrons. The summed E-state index contributed by atoms with van der Waals surface area (Å²) < 4.78 is 26.8. The van der Waals surface area contributed by atoms with Crippen molar-refractivity contribution in [2.24, 2.45) is 0 Å². The van der Waals surface area contributed by atoms with Crippen LogP contribution in [0, 0.1) is 25.5 Å². The highest BCUT2D eigenvalue weighted by Crippen LogP contribution is 2.22. The Morgan fingerprint density at radius 2 is 1.77 bits per heavy atom. The van der Waals surface area contributed by atoms with Crippen molar-refractivity contribution in [1.82, 2.24) is 4.98 Å². The van der Waals surface area contributed by atoms with Gasteiger partial charge in [0.15, 0.2) is 0 Å². The third kappa shape index (κ3) is 4.03. The van der Waals surface area contributed by atoms with E-state index in [1.54, 1.807) is 6.07 Å². The second kappa shape index (κ2) is 7.31. The van der Waals surface area contributed by atoms with Crippen molar-refractivity contribution >= 4 is 23.0 Å². The fourth-order valence-corrected chi connectivity index (χ4v) is 2.44. The van der Waals surface area contributed by atoms with Gasteiger partial charge in [-0.25, -0.2) is 8.78 Å². The van der Waals surface area contributed by atoms with Crippen LogP contribution in [0.2, 0.25) is 0 Å². The van der Waals surface area contributed by atoms with Gasteiger partial charge in [-0.2, -0.15) is 0 Å². The van der Waals surface area contributed by atoms with E-state index in [9.17, 15) is 13.6 Å². The number of halogens is 2. The third-order valence-electron chi connectivity index (χ3n) is 3.85. The minimum Gasteiger partial charge on any atom is -0.352 e. The first-order valence-electron chi connectivity index (χ1n) is 7.98. The van der Waals surface area contributed by atoms with Gasteiger partial charge < -0.3 is 10.6 Å². The van der Waals surface area contributed by atoms with Gasteiger partial charge in [0.25, 0.3) is 5.91 Å². The summed E-state index contributed by atoms with van der Waals surface area (Å²) in [5.41, 5.74) is 3.53. The van der Waals surface area contributed by atoms with Crippen LogP contribution in [0.15, 0.2) is 54.9 Å². The number of rotatable bonds is 4. The number of nitrogens with one attached hydrogen (secondary N) is 2. The molecule has 0 atom stereocenters. The molecule has 0 saturated carbocycles. The van der Waals surface area contributed by atoms with E-state index in [4.69, 9.17) is 0 Å². The molecule has 1 amide bonds. The van der Waals surface area contributed by atoms with Crippen molar-refractivity contribution < 1.29 is 13.6 Å². The van der Waals surface area contributed by atoms with Crippen molar-refractivity contribution in [1.29, 1.82) is 0 Å². The van der Waals surface area contributed by atoms with Crippen LogP contribution in [0.1, 0.15) is 21.5 Å². The summed E-state index contributed by atoms with van der Waals surface area (Å²) in [7, 11) is 0. The molecule has 2 N–H and O–H groups in total. The Morgan fingerprint density at radius 3 is 2.54 bits per heavy atom. The van der Waals surface area contributed by atoms with E-state index in [1.807, 2.05) is 32.0 Å². The number of benzene rings is 2. The minimum atomic E-state index is -0.727. The quantitative estimate of drug-likeness (QED) is 0.696. The number of carbonyl (C=O) groups is 1. The van der Waals surface area contributed by atoms with Gasteiger partial charge in [-0.15, -0.1) is 0 Å². The number of anilines is 3. The van der Waals surface area contributed by atoms with Gasteiger partial charge in [-0.3, -0.25) is 9.78 Å². The molecule has 0 radical (unpaired) electrons. The van der Waals surface area contributed by atoms with Crippen LogP contribution in [0.3, 0.4) is 0 Å². The molecule has 3 aromatic rings. The second-order valence-corrected chi connectivity index (χ2v) is 5.98. The molecule has 0 aliphatic rings. The van der Waals surface area contributed by atoms with Crippen LogP contribution < -0.4 is 10.6 Å². The SMILES string of the molecule is Cc1ccc(C)c(NC(=O)c2cncc(Nc3ccc(F)cc3F)c2)c1. The number of amides is 1. The first-order chi connectivity index (χ1) is 12.4. The molecule has 26 heavy (non-hydrogen) atoms. The first kappa shape index (κ1) is 17.5. The number of hydrogen-bond donors (Lipinski definition) is 2. The fourth-order valence-electron chi connectivity index (χ4n) is 2.44. The first-order valence-corrected chi connectivity index (χ1v) is 7.98. The molecule has 1 heterocycles. The topological polar surface area (TPSA) is 54.0 Å². The Kier molecular flexibility index (Phi) is 4.93. The Labute approximate surface area is 149 Å². The molecule has 0 unspecified atom stereocenters. The average molecular weight is 353 g/mol. The fraction of sp³-hybridized carbons (Fsp3) is 0.100. The third-order valence-corrected chi connectivity index (χ3v) is 3.85. The van der Waals surface area contributed by atoms with E-state index < -0.39 is 11.6 Å². The van der Waals surface area contributed by atoms with Gasteiger partial charge in [-0.1, -0.05) is 12.1 Å². The van der Waals surface area contributed by atoms with E-state index in [-0.39, 0.29) is 11.6 Å². The van der Waals surface area contributed by atoms with Crippen LogP contribution in [0.25, 0.3) is 0 Å². The highest BCUT2D eigenvalue weighted by atomic mass is 19.1. The lowest BCUT2D eigenvalue weighted by Gasteiger charge is -2.11. The van der Waals surface area contributed by atoms with Crippen molar-refractivity contribution in [3.05, 3.63) is 83.2 Å². The zero-order valence-electron chi connectivity index (χ0n) is 14.3. The lowest BCUT2D eigenvalue weighted by atomic mass is 10.1. The van der Waals surface area contributed by atoms with Gasteiger partial charge in [0.1, 0.15) is 11.6 Å². The van der Waals surface area contributed by atoms with E-state index in [0.717, 1.165) is 28.9 Å². The second-order valence-electron chi connectivity index (χ2n) is 5.98. The highest BCUT2D eigenvalue weighted by molar-refractivity contribution is 6.05. The summed E-state index contributed by atoms with van der Waals surface area (Å²) in [4.78, 5) is 16.5. The summed E-state index contributed by atoms with van der Waals surface area (Å²) in [6.07, 6.45) is 2.88. The summed E-state index contributed by atoms with van der Waals surface area (Å²) in [5.74, 6) is -1.71. The predicted molar refractivity (Wildman–Crippen MR) is 97.7 cm³/mol. The normalized spacial score (nSPS) is 10.5. The van der Waals surface area contributed by atoms with Crippen LogP contribution in [-0.4, -0.2) is 10.9 Å². The predicted octanol–water partition coefficient (Wildman–Crippen LogP) is 4.97. The molecule has 0 bridgehead atoms. The maximum Gasteiger partial charge on any atom is 0.257 e. The number of nitrogens with zero attached hydrogens (tertiary/aromatic N) is 1. The lowest BCUT2D eigenvalue weighted by molar-refractivity contribution is 0.102. The van der Waals surface area contributed by atoms with Gasteiger partial charge >= 0.3 is 0 Å². The average Bonchev–Trinajstić information content (AvgIpc) is 2.61. The Hall–Kier alpha value is -3.28. The highest BCUT2D eigenvalue weighted by Gasteiger charge is 2.10. The monoisotopic (exact) mass is 353 g/mol. The number of carbonyl (C=O) groups excluding carboxylic acids is 1. The standard InChI is InChI=1S/C20H17F2N3O/c1-12-3-4-13(2)19(7-12)25-20(26)14-8-16(11-23-10-14)24-18-6-5-15(21)9-17(18)22/h3-11,24H,1-2H3,(H,25,26). The molecule has 6 heteroatoms. The number of aromatic nitrogens is 1. The smallest absolute Gasteiger partial charge is 0.257 e. The Morgan fingerprint density at radius 1 is 0.962 bits per heavy atom. The summed E-state index contributed by atoms with van der Waals surface area (Å²) in [5, 5.41) is 5.64. The van der Waals surface area contributed by atoms with Crippen molar-refractivity contribution in [2.45, 2.75) is 13.8 Å². The van der Waals surface area contributed by atoms with Gasteiger partial charge in [-0.05, 0) is 49.2 Å². The van der Waals surface area contributed by atoms with Crippen molar-refractivity contribution in [2.75, 3.05) is 10.6 Å². The summed E-state index contributed by atoms with van der Waals surface area (Å²) >= 11 is 0. The number of pyridine rings is 1. The van der Waals surface area contributed by atoms with Crippen LogP contribution in [-0.2, 0) is 0 Å². The maximum atomic E-state index is 13.8. The molecule has 4 nitrogen and oxygen atoms in total. The van der Waals surface area contributed by atoms with Crippen molar-refractivity contribution in [3.63, 3.8) is 0 Å². The summed E-state index contributed by atoms with van der Waals surface area (Å²) in [6, 6.07) is 10.6. The zero-order valence-corrected chi connectivity index (χ0v) is 14.3. The molecular weight excluding hydrogens is 336 g/mol. The zero-order chi connectivity index (χ0) is 18.7. The molecule has 2 aromatic carbocycles. The molecule has 1 aromatic heterocycles. The van der Waals surface area contributed by atoms with Crippen LogP contribution in [0.4, 0.5) is 25.8 Å². The molecule has 0 fully saturated rings. The Balaban J connectivity index is 1.80. The maximum absolute atomic E-state index is 13.8. The molecule has 0 saturated heterocycles. The molecule has 0 aliphatic heterocycles. The molecular formula is C20H17F2N3O. The van der Waals surface area contributed by atoms with Crippen LogP contribution >= 0.6 is 0 Å². The van der Waals surface area contributed by atoms with E-state index in [0.29, 0.717) is 11.3 Å². The lowest BCUT2D eigenvalue weighted by Crippen LogP contribution is -2.13.